The molecule has 0 saturated heterocycles. The summed E-state index contributed by atoms with van der Waals surface area (Å²) in [5, 5.41) is 9.73. The van der Waals surface area contributed by atoms with Crippen molar-refractivity contribution in [1.82, 2.24) is 4.98 Å². The lowest BCUT2D eigenvalue weighted by atomic mass is 9.98. The Kier molecular flexibility index (Phi) is 2.20. The first-order chi connectivity index (χ1) is 5.45. The van der Waals surface area contributed by atoms with Gasteiger partial charge < -0.3 is 0 Å². The number of thiazole rings is 1. The monoisotopic (exact) mass is 180 g/mol. The minimum atomic E-state index is 0.0600. The molecule has 64 valence electrons. The van der Waals surface area contributed by atoms with Crippen LogP contribution in [0.2, 0.25) is 0 Å². The molecule has 12 heavy (non-hydrogen) atoms. The minimum absolute atomic E-state index is 0.0600. The highest BCUT2D eigenvalue weighted by molar-refractivity contribution is 7.11. The Balaban J connectivity index is 3.16. The van der Waals surface area contributed by atoms with Crippen LogP contribution in [0, 0.1) is 18.3 Å². The van der Waals surface area contributed by atoms with Crippen molar-refractivity contribution in [2.45, 2.75) is 33.1 Å². The molecule has 0 atom stereocenters. The van der Waals surface area contributed by atoms with Gasteiger partial charge in [0.15, 0.2) is 5.69 Å². The highest BCUT2D eigenvalue weighted by Crippen LogP contribution is 2.28. The normalized spacial score (nSPS) is 11.2. The lowest BCUT2D eigenvalue weighted by molar-refractivity contribution is 0.585. The van der Waals surface area contributed by atoms with E-state index in [9.17, 15) is 0 Å². The Morgan fingerprint density at radius 3 is 2.25 bits per heavy atom. The van der Waals surface area contributed by atoms with Gasteiger partial charge in [0.25, 0.3) is 0 Å². The maximum atomic E-state index is 8.69. The van der Waals surface area contributed by atoms with Crippen molar-refractivity contribution in [2.75, 3.05) is 0 Å². The SMILES string of the molecule is Cc1sc(C(C)(C)C)nc1C#N. The van der Waals surface area contributed by atoms with Gasteiger partial charge in [0.1, 0.15) is 6.07 Å². The van der Waals surface area contributed by atoms with Crippen molar-refractivity contribution in [3.05, 3.63) is 15.6 Å². The summed E-state index contributed by atoms with van der Waals surface area (Å²) in [5.74, 6) is 0. The van der Waals surface area contributed by atoms with Crippen LogP contribution in [0.25, 0.3) is 0 Å². The predicted molar refractivity (Wildman–Crippen MR) is 50.3 cm³/mol. The summed E-state index contributed by atoms with van der Waals surface area (Å²) in [6.07, 6.45) is 0. The maximum absolute atomic E-state index is 8.69. The lowest BCUT2D eigenvalue weighted by Gasteiger charge is -2.13. The van der Waals surface area contributed by atoms with Crippen LogP contribution >= 0.6 is 11.3 Å². The van der Waals surface area contributed by atoms with Gasteiger partial charge in [-0.2, -0.15) is 5.26 Å². The number of hydrogen-bond acceptors (Lipinski definition) is 3. The Morgan fingerprint density at radius 2 is 2.00 bits per heavy atom. The summed E-state index contributed by atoms with van der Waals surface area (Å²) in [6, 6.07) is 2.09. The highest BCUT2D eigenvalue weighted by Gasteiger charge is 2.19. The first-order valence-corrected chi connectivity index (χ1v) is 4.65. The number of nitriles is 1. The van der Waals surface area contributed by atoms with Crippen molar-refractivity contribution in [3.63, 3.8) is 0 Å². The molecule has 0 N–H and O–H groups in total. The first-order valence-electron chi connectivity index (χ1n) is 3.83. The van der Waals surface area contributed by atoms with Gasteiger partial charge in [-0.1, -0.05) is 20.8 Å². The molecular weight excluding hydrogens is 168 g/mol. The zero-order chi connectivity index (χ0) is 9.35. The fourth-order valence-corrected chi connectivity index (χ4v) is 1.74. The van der Waals surface area contributed by atoms with Crippen molar-refractivity contribution >= 4 is 11.3 Å². The molecule has 0 amide bonds. The Hall–Kier alpha value is -0.880. The van der Waals surface area contributed by atoms with E-state index in [0.29, 0.717) is 5.69 Å². The van der Waals surface area contributed by atoms with Crippen LogP contribution in [0.15, 0.2) is 0 Å². The molecule has 0 aliphatic carbocycles. The number of aryl methyl sites for hydroxylation is 1. The van der Waals surface area contributed by atoms with E-state index >= 15 is 0 Å². The average molecular weight is 180 g/mol. The van der Waals surface area contributed by atoms with Crippen LogP contribution in [0.4, 0.5) is 0 Å². The zero-order valence-corrected chi connectivity index (χ0v) is 8.62. The van der Waals surface area contributed by atoms with Crippen molar-refractivity contribution < 1.29 is 0 Å². The van der Waals surface area contributed by atoms with E-state index in [0.717, 1.165) is 9.88 Å². The molecule has 0 saturated carbocycles. The van der Waals surface area contributed by atoms with Gasteiger partial charge in [-0.15, -0.1) is 11.3 Å². The lowest BCUT2D eigenvalue weighted by Crippen LogP contribution is -2.10. The molecule has 0 unspecified atom stereocenters. The van der Waals surface area contributed by atoms with E-state index in [1.165, 1.54) is 0 Å². The Bertz CT molecular complexity index is 325. The molecule has 0 aliphatic heterocycles. The molecule has 0 spiro atoms. The second-order valence-corrected chi connectivity index (χ2v) is 4.99. The summed E-state index contributed by atoms with van der Waals surface area (Å²) in [7, 11) is 0. The van der Waals surface area contributed by atoms with Gasteiger partial charge >= 0.3 is 0 Å². The molecule has 0 bridgehead atoms. The van der Waals surface area contributed by atoms with Gasteiger partial charge in [-0.05, 0) is 6.92 Å². The molecule has 3 heteroatoms. The van der Waals surface area contributed by atoms with Crippen LogP contribution in [-0.2, 0) is 5.41 Å². The van der Waals surface area contributed by atoms with E-state index in [-0.39, 0.29) is 5.41 Å². The molecule has 2 nitrogen and oxygen atoms in total. The number of rotatable bonds is 0. The largest absolute Gasteiger partial charge is 0.230 e. The fourth-order valence-electron chi connectivity index (χ4n) is 0.821. The van der Waals surface area contributed by atoms with Crippen LogP contribution in [0.1, 0.15) is 36.3 Å². The topological polar surface area (TPSA) is 36.7 Å². The quantitative estimate of drug-likeness (QED) is 0.615. The first kappa shape index (κ1) is 9.21. The molecule has 1 aromatic rings. The standard InChI is InChI=1S/C9H12N2S/c1-6-7(5-10)11-8(12-6)9(2,3)4/h1-4H3. The van der Waals surface area contributed by atoms with Gasteiger partial charge in [0.05, 0.1) is 5.01 Å². The van der Waals surface area contributed by atoms with E-state index in [4.69, 9.17) is 5.26 Å². The van der Waals surface area contributed by atoms with Gasteiger partial charge in [0.2, 0.25) is 0 Å². The summed E-state index contributed by atoms with van der Waals surface area (Å²) < 4.78 is 0. The molecule has 0 aromatic carbocycles. The number of nitrogens with zero attached hydrogens (tertiary/aromatic N) is 2. The smallest absolute Gasteiger partial charge is 0.154 e. The van der Waals surface area contributed by atoms with Gasteiger partial charge in [-0.3, -0.25) is 0 Å². The third-order valence-corrected chi connectivity index (χ3v) is 2.94. The van der Waals surface area contributed by atoms with Crippen LogP contribution in [0.3, 0.4) is 0 Å². The zero-order valence-electron chi connectivity index (χ0n) is 7.80. The third-order valence-electron chi connectivity index (χ3n) is 1.54. The summed E-state index contributed by atoms with van der Waals surface area (Å²) >= 11 is 1.61. The molecule has 1 rings (SSSR count). The number of hydrogen-bond donors (Lipinski definition) is 0. The maximum Gasteiger partial charge on any atom is 0.154 e. The van der Waals surface area contributed by atoms with Gasteiger partial charge in [-0.25, -0.2) is 4.98 Å². The highest BCUT2D eigenvalue weighted by atomic mass is 32.1. The Labute approximate surface area is 76.9 Å². The van der Waals surface area contributed by atoms with Crippen LogP contribution in [-0.4, -0.2) is 4.98 Å². The fraction of sp³-hybridized carbons (Fsp3) is 0.556. The summed E-state index contributed by atoms with van der Waals surface area (Å²) in [6.45, 7) is 8.25. The average Bonchev–Trinajstić information content (AvgIpc) is 2.29. The minimum Gasteiger partial charge on any atom is -0.230 e. The van der Waals surface area contributed by atoms with Crippen molar-refractivity contribution in [2.24, 2.45) is 0 Å². The molecule has 0 aliphatic rings. The van der Waals surface area contributed by atoms with Crippen molar-refractivity contribution in [3.8, 4) is 6.07 Å². The van der Waals surface area contributed by atoms with Crippen molar-refractivity contribution in [1.29, 1.82) is 5.26 Å². The van der Waals surface area contributed by atoms with E-state index < -0.39 is 0 Å². The summed E-state index contributed by atoms with van der Waals surface area (Å²) in [5.41, 5.74) is 0.634. The molecule has 1 aromatic heterocycles. The summed E-state index contributed by atoms with van der Waals surface area (Å²) in [4.78, 5) is 5.27. The molecular formula is C9H12N2S. The Morgan fingerprint density at radius 1 is 1.42 bits per heavy atom. The number of aromatic nitrogens is 1. The van der Waals surface area contributed by atoms with Gasteiger partial charge in [0, 0.05) is 10.3 Å². The molecule has 0 radical (unpaired) electrons. The van der Waals surface area contributed by atoms with Crippen LogP contribution < -0.4 is 0 Å². The third kappa shape index (κ3) is 1.64. The second kappa shape index (κ2) is 2.87. The van der Waals surface area contributed by atoms with E-state index in [1.54, 1.807) is 11.3 Å². The molecule has 1 heterocycles. The molecule has 0 fully saturated rings. The van der Waals surface area contributed by atoms with Crippen LogP contribution in [0.5, 0.6) is 0 Å². The predicted octanol–water partition coefficient (Wildman–Crippen LogP) is 2.62. The van der Waals surface area contributed by atoms with E-state index in [1.807, 2.05) is 6.92 Å². The second-order valence-electron chi connectivity index (χ2n) is 3.79. The van der Waals surface area contributed by atoms with E-state index in [2.05, 4.69) is 31.8 Å².